The molecule has 0 aliphatic carbocycles. The molecular formula is C19H17F3N4O4. The van der Waals surface area contributed by atoms with Crippen LogP contribution >= 0.6 is 0 Å². The summed E-state index contributed by atoms with van der Waals surface area (Å²) in [4.78, 5) is 20.9. The van der Waals surface area contributed by atoms with Gasteiger partial charge in [-0.1, -0.05) is 29.4 Å². The number of ether oxygens (including phenoxy) is 2. The molecular weight excluding hydrogens is 405 g/mol. The first-order chi connectivity index (χ1) is 14.3. The van der Waals surface area contributed by atoms with Gasteiger partial charge in [-0.15, -0.1) is 0 Å². The van der Waals surface area contributed by atoms with E-state index in [1.54, 1.807) is 49.8 Å². The van der Waals surface area contributed by atoms with E-state index in [2.05, 4.69) is 19.6 Å². The number of rotatable bonds is 6. The number of benzene rings is 1. The van der Waals surface area contributed by atoms with E-state index in [1.165, 1.54) is 12.0 Å². The average molecular weight is 422 g/mol. The lowest BCUT2D eigenvalue weighted by Crippen LogP contribution is -2.26. The Labute approximate surface area is 169 Å². The van der Waals surface area contributed by atoms with Crippen molar-refractivity contribution in [3.05, 3.63) is 59.7 Å². The van der Waals surface area contributed by atoms with Crippen LogP contribution in [0.25, 0.3) is 11.4 Å². The number of hydrogen-bond acceptors (Lipinski definition) is 7. The van der Waals surface area contributed by atoms with Crippen LogP contribution in [0.15, 0.2) is 47.2 Å². The molecule has 1 amide bonds. The normalized spacial score (nSPS) is 11.2. The zero-order chi connectivity index (χ0) is 21.7. The summed E-state index contributed by atoms with van der Waals surface area (Å²) in [6.45, 7) is 0.265. The largest absolute Gasteiger partial charge is 0.495 e. The molecule has 0 saturated heterocycles. The molecule has 0 saturated carbocycles. The second kappa shape index (κ2) is 8.80. The highest BCUT2D eigenvalue weighted by Crippen LogP contribution is 2.29. The van der Waals surface area contributed by atoms with E-state index in [9.17, 15) is 18.0 Å². The summed E-state index contributed by atoms with van der Waals surface area (Å²) >= 11 is 0. The van der Waals surface area contributed by atoms with Crippen LogP contribution < -0.4 is 4.74 Å². The lowest BCUT2D eigenvalue weighted by molar-refractivity contribution is -0.159. The molecule has 0 aliphatic rings. The summed E-state index contributed by atoms with van der Waals surface area (Å²) in [5.74, 6) is -1.02. The predicted octanol–water partition coefficient (Wildman–Crippen LogP) is 3.93. The Hall–Kier alpha value is -3.63. The van der Waals surface area contributed by atoms with Gasteiger partial charge in [0.2, 0.25) is 5.82 Å². The van der Waals surface area contributed by atoms with Gasteiger partial charge in [0.05, 0.1) is 13.3 Å². The van der Waals surface area contributed by atoms with Crippen LogP contribution in [0.3, 0.4) is 0 Å². The third-order valence-corrected chi connectivity index (χ3v) is 3.98. The number of halogens is 3. The summed E-state index contributed by atoms with van der Waals surface area (Å²) in [6.07, 6.45) is -2.14. The van der Waals surface area contributed by atoms with Gasteiger partial charge in [0.25, 0.3) is 0 Å². The molecule has 158 valence electrons. The van der Waals surface area contributed by atoms with Crippen molar-refractivity contribution in [1.82, 2.24) is 20.0 Å². The number of amides is 1. The molecule has 3 aromatic rings. The third kappa shape index (κ3) is 5.25. The Bertz CT molecular complexity index is 1010. The molecule has 11 heteroatoms. The van der Waals surface area contributed by atoms with E-state index in [-0.39, 0.29) is 19.0 Å². The molecule has 0 radical (unpaired) electrons. The van der Waals surface area contributed by atoms with Crippen LogP contribution in [0.4, 0.5) is 18.0 Å². The second-order valence-corrected chi connectivity index (χ2v) is 6.26. The smallest absolute Gasteiger partial charge is 0.471 e. The second-order valence-electron chi connectivity index (χ2n) is 6.26. The number of alkyl halides is 3. The van der Waals surface area contributed by atoms with Crippen molar-refractivity contribution >= 4 is 6.09 Å². The molecule has 1 aromatic carbocycles. The third-order valence-electron chi connectivity index (χ3n) is 3.98. The van der Waals surface area contributed by atoms with E-state index >= 15 is 0 Å². The molecule has 2 heterocycles. The Morgan fingerprint density at radius 3 is 2.53 bits per heavy atom. The summed E-state index contributed by atoms with van der Waals surface area (Å²) < 4.78 is 52.2. The molecule has 0 bridgehead atoms. The minimum Gasteiger partial charge on any atom is -0.495 e. The van der Waals surface area contributed by atoms with Gasteiger partial charge in [-0.25, -0.2) is 4.79 Å². The van der Waals surface area contributed by atoms with E-state index in [1.807, 2.05) is 0 Å². The number of carbonyl (C=O) groups is 1. The molecule has 0 unspecified atom stereocenters. The summed E-state index contributed by atoms with van der Waals surface area (Å²) in [7, 11) is 3.08. The first-order valence-corrected chi connectivity index (χ1v) is 8.62. The lowest BCUT2D eigenvalue weighted by Gasteiger charge is -2.17. The van der Waals surface area contributed by atoms with Crippen LogP contribution in [0, 0.1) is 0 Å². The predicted molar refractivity (Wildman–Crippen MR) is 97.2 cm³/mol. The molecule has 3 rings (SSSR count). The van der Waals surface area contributed by atoms with Gasteiger partial charge in [0.1, 0.15) is 12.4 Å². The molecule has 0 spiro atoms. The van der Waals surface area contributed by atoms with Gasteiger partial charge >= 0.3 is 18.2 Å². The van der Waals surface area contributed by atoms with Crippen molar-refractivity contribution in [3.63, 3.8) is 0 Å². The first kappa shape index (κ1) is 21.1. The quantitative estimate of drug-likeness (QED) is 0.595. The molecule has 0 N–H and O–H groups in total. The number of pyridine rings is 1. The van der Waals surface area contributed by atoms with Crippen LogP contribution in [0.5, 0.6) is 5.75 Å². The topological polar surface area (TPSA) is 90.6 Å². The fourth-order valence-electron chi connectivity index (χ4n) is 2.46. The number of aromatic nitrogens is 3. The van der Waals surface area contributed by atoms with Gasteiger partial charge in [0.15, 0.2) is 0 Å². The minimum atomic E-state index is -4.70. The molecule has 2 aromatic heterocycles. The number of nitrogens with zero attached hydrogens (tertiary/aromatic N) is 4. The maximum absolute atomic E-state index is 12.6. The van der Waals surface area contributed by atoms with E-state index in [0.717, 1.165) is 5.56 Å². The van der Waals surface area contributed by atoms with Gasteiger partial charge in [0, 0.05) is 30.9 Å². The maximum atomic E-state index is 12.6. The maximum Gasteiger partial charge on any atom is 0.471 e. The molecule has 0 aliphatic heterocycles. The summed E-state index contributed by atoms with van der Waals surface area (Å²) in [5.41, 5.74) is 1.77. The Balaban J connectivity index is 1.56. The fourth-order valence-corrected chi connectivity index (χ4v) is 2.46. The van der Waals surface area contributed by atoms with Gasteiger partial charge in [-0.2, -0.15) is 18.2 Å². The summed E-state index contributed by atoms with van der Waals surface area (Å²) in [6, 6.07) is 8.09. The van der Waals surface area contributed by atoms with Crippen LogP contribution in [0.2, 0.25) is 0 Å². The fraction of sp³-hybridized carbons (Fsp3) is 0.263. The minimum absolute atomic E-state index is 0.0334. The molecule has 30 heavy (non-hydrogen) atoms. The van der Waals surface area contributed by atoms with Crippen molar-refractivity contribution < 1.29 is 32.0 Å². The van der Waals surface area contributed by atoms with Gasteiger partial charge in [-0.3, -0.25) is 4.98 Å². The molecule has 0 fully saturated rings. The van der Waals surface area contributed by atoms with Crippen LogP contribution in [-0.2, 0) is 24.1 Å². The molecule has 0 atom stereocenters. The van der Waals surface area contributed by atoms with Crippen molar-refractivity contribution in [3.8, 4) is 17.1 Å². The van der Waals surface area contributed by atoms with E-state index in [4.69, 9.17) is 9.47 Å². The SMILES string of the molecule is COc1cncc(COC(=O)N(C)Cc2ccc(-c3noc(C(F)(F)F)n3)cc2)c1. The summed E-state index contributed by atoms with van der Waals surface area (Å²) in [5, 5.41) is 3.33. The number of hydrogen-bond donors (Lipinski definition) is 0. The van der Waals surface area contributed by atoms with Crippen molar-refractivity contribution in [2.45, 2.75) is 19.3 Å². The van der Waals surface area contributed by atoms with Gasteiger partial charge in [-0.05, 0) is 11.6 Å². The standard InChI is InChI=1S/C19H17F3N4O4/c1-26(18(27)29-11-13-7-15(28-2)9-23-8-13)10-12-3-5-14(6-4-12)16-24-17(30-25-16)19(20,21)22/h3-9H,10-11H2,1-2H3. The highest BCUT2D eigenvalue weighted by Gasteiger charge is 2.38. The zero-order valence-corrected chi connectivity index (χ0v) is 16.0. The number of methoxy groups -OCH3 is 1. The Morgan fingerprint density at radius 1 is 1.17 bits per heavy atom. The Morgan fingerprint density at radius 2 is 1.90 bits per heavy atom. The zero-order valence-electron chi connectivity index (χ0n) is 16.0. The highest BCUT2D eigenvalue weighted by atomic mass is 19.4. The van der Waals surface area contributed by atoms with Crippen molar-refractivity contribution in [2.75, 3.05) is 14.2 Å². The van der Waals surface area contributed by atoms with Crippen molar-refractivity contribution in [2.24, 2.45) is 0 Å². The van der Waals surface area contributed by atoms with E-state index in [0.29, 0.717) is 16.9 Å². The highest BCUT2D eigenvalue weighted by molar-refractivity contribution is 5.67. The first-order valence-electron chi connectivity index (χ1n) is 8.62. The lowest BCUT2D eigenvalue weighted by atomic mass is 10.1. The Kier molecular flexibility index (Phi) is 6.19. The molecule has 8 nitrogen and oxygen atoms in total. The van der Waals surface area contributed by atoms with Crippen molar-refractivity contribution in [1.29, 1.82) is 0 Å². The average Bonchev–Trinajstić information content (AvgIpc) is 3.23. The number of carbonyl (C=O) groups excluding carboxylic acids is 1. The van der Waals surface area contributed by atoms with E-state index < -0.39 is 18.2 Å². The van der Waals surface area contributed by atoms with Gasteiger partial charge < -0.3 is 18.9 Å². The van der Waals surface area contributed by atoms with Crippen LogP contribution in [0.1, 0.15) is 17.0 Å². The monoisotopic (exact) mass is 422 g/mol. The van der Waals surface area contributed by atoms with Crippen LogP contribution in [-0.4, -0.2) is 40.3 Å².